The second kappa shape index (κ2) is 56.2. The fourth-order valence-electron chi connectivity index (χ4n) is 7.79. The molecule has 6 heteroatoms. The summed E-state index contributed by atoms with van der Waals surface area (Å²) in [7, 11) is 0. The lowest BCUT2D eigenvalue weighted by Crippen LogP contribution is -2.30. The van der Waals surface area contributed by atoms with E-state index in [9.17, 15) is 14.4 Å². The Bertz CT molecular complexity index is 1320. The fraction of sp³-hybridized carbons (Fsp3) is 0.726. The van der Waals surface area contributed by atoms with Gasteiger partial charge in [0.05, 0.1) is 0 Å². The topological polar surface area (TPSA) is 78.9 Å². The molecule has 0 unspecified atom stereocenters. The van der Waals surface area contributed by atoms with Gasteiger partial charge in [-0.1, -0.05) is 234 Å². The van der Waals surface area contributed by atoms with Crippen molar-refractivity contribution in [2.24, 2.45) is 0 Å². The van der Waals surface area contributed by atoms with Gasteiger partial charge >= 0.3 is 17.9 Å². The smallest absolute Gasteiger partial charge is 0.306 e. The molecular formula is C62H106O6. The Balaban J connectivity index is 4.48. The Morgan fingerprint density at radius 1 is 0.294 bits per heavy atom. The van der Waals surface area contributed by atoms with Crippen LogP contribution in [0.5, 0.6) is 0 Å². The fourth-order valence-corrected chi connectivity index (χ4v) is 7.79. The quantitative estimate of drug-likeness (QED) is 0.0262. The summed E-state index contributed by atoms with van der Waals surface area (Å²) in [4.78, 5) is 38.1. The summed E-state index contributed by atoms with van der Waals surface area (Å²) < 4.78 is 16.8. The van der Waals surface area contributed by atoms with E-state index in [0.717, 1.165) is 109 Å². The first kappa shape index (κ1) is 64.6. The molecule has 6 nitrogen and oxygen atoms in total. The molecule has 1 atom stereocenters. The summed E-state index contributed by atoms with van der Waals surface area (Å²) in [6.07, 6.45) is 72.8. The maximum absolute atomic E-state index is 12.8. The molecule has 0 spiro atoms. The molecule has 0 aliphatic carbocycles. The third-order valence-corrected chi connectivity index (χ3v) is 12.1. The van der Waals surface area contributed by atoms with Crippen LogP contribution >= 0.6 is 0 Å². The molecule has 0 aromatic heterocycles. The van der Waals surface area contributed by atoms with Crippen LogP contribution < -0.4 is 0 Å². The predicted octanol–water partition coefficient (Wildman–Crippen LogP) is 19.2. The lowest BCUT2D eigenvalue weighted by atomic mass is 10.0. The predicted molar refractivity (Wildman–Crippen MR) is 293 cm³/mol. The van der Waals surface area contributed by atoms with Gasteiger partial charge in [0, 0.05) is 19.3 Å². The van der Waals surface area contributed by atoms with Crippen LogP contribution in [-0.2, 0) is 28.6 Å². The summed E-state index contributed by atoms with van der Waals surface area (Å²) in [5, 5.41) is 0. The third-order valence-electron chi connectivity index (χ3n) is 12.1. The van der Waals surface area contributed by atoms with Gasteiger partial charge in [-0.15, -0.1) is 0 Å². The van der Waals surface area contributed by atoms with Gasteiger partial charge < -0.3 is 14.2 Å². The summed E-state index contributed by atoms with van der Waals surface area (Å²) in [6.45, 7) is 6.55. The van der Waals surface area contributed by atoms with Gasteiger partial charge in [-0.3, -0.25) is 14.4 Å². The van der Waals surface area contributed by atoms with Crippen molar-refractivity contribution in [3.05, 3.63) is 85.1 Å². The number of hydrogen-bond donors (Lipinski definition) is 0. The van der Waals surface area contributed by atoms with Crippen LogP contribution in [0.15, 0.2) is 85.1 Å². The number of allylic oxidation sites excluding steroid dienone is 14. The molecule has 0 fully saturated rings. The van der Waals surface area contributed by atoms with Crippen molar-refractivity contribution in [3.63, 3.8) is 0 Å². The Morgan fingerprint density at radius 3 is 0.868 bits per heavy atom. The van der Waals surface area contributed by atoms with E-state index in [1.165, 1.54) is 122 Å². The van der Waals surface area contributed by atoms with E-state index in [1.54, 1.807) is 0 Å². The second-order valence-electron chi connectivity index (χ2n) is 18.8. The highest BCUT2D eigenvalue weighted by molar-refractivity contribution is 5.71. The lowest BCUT2D eigenvalue weighted by Gasteiger charge is -2.18. The van der Waals surface area contributed by atoms with E-state index in [2.05, 4.69) is 106 Å². The van der Waals surface area contributed by atoms with Gasteiger partial charge in [0.1, 0.15) is 13.2 Å². The molecular weight excluding hydrogens is 841 g/mol. The average molecular weight is 948 g/mol. The van der Waals surface area contributed by atoms with Gasteiger partial charge in [0.15, 0.2) is 6.10 Å². The number of ether oxygens (including phenoxy) is 3. The zero-order valence-electron chi connectivity index (χ0n) is 44.6. The summed E-state index contributed by atoms with van der Waals surface area (Å²) in [5.74, 6) is -0.942. The zero-order chi connectivity index (χ0) is 49.3. The molecule has 0 bridgehead atoms. The maximum atomic E-state index is 12.8. The molecule has 0 aromatic rings. The molecule has 0 N–H and O–H groups in total. The Kier molecular flexibility index (Phi) is 53.4. The van der Waals surface area contributed by atoms with Crippen LogP contribution in [0, 0.1) is 0 Å². The standard InChI is InChI=1S/C62H106O6/c1-4-7-10-13-16-19-22-25-28-30-31-33-34-37-40-43-46-49-52-55-61(64)67-58-59(57-66-60(63)54-51-48-45-42-39-36-27-24-21-18-15-12-9-6-3)68-62(65)56-53-50-47-44-41-38-35-32-29-26-23-20-17-14-11-8-5-2/h16-17,19-20,25-26,28-29,31,33,35,37-38,40,59H,4-15,18,21-24,27,30,32,34,36,39,41-58H2,1-3H3/b19-16-,20-17-,28-25-,29-26-,33-31-,38-35-,40-37-/t59-/m1/s1. The zero-order valence-corrected chi connectivity index (χ0v) is 44.6. The molecule has 0 aliphatic rings. The van der Waals surface area contributed by atoms with E-state index < -0.39 is 6.10 Å². The minimum atomic E-state index is -0.801. The highest BCUT2D eigenvalue weighted by Crippen LogP contribution is 2.15. The first-order chi connectivity index (χ1) is 33.5. The van der Waals surface area contributed by atoms with E-state index >= 15 is 0 Å². The number of carbonyl (C=O) groups excluding carboxylic acids is 3. The SMILES string of the molecule is CCCCC/C=C\C/C=C\C/C=C\C/C=C\CCCCCC(=O)OC[C@@H](COC(=O)CCCCCCCCCCCCCCCC)OC(=O)CCCCCC/C=C\C/C=C\C/C=C\CCCCC. The molecule has 0 saturated carbocycles. The summed E-state index contributed by atoms with van der Waals surface area (Å²) in [6, 6.07) is 0. The molecule has 0 amide bonds. The molecule has 0 radical (unpaired) electrons. The molecule has 0 aromatic carbocycles. The van der Waals surface area contributed by atoms with Crippen LogP contribution in [0.3, 0.4) is 0 Å². The van der Waals surface area contributed by atoms with Crippen LogP contribution in [-0.4, -0.2) is 37.2 Å². The van der Waals surface area contributed by atoms with Gasteiger partial charge in [-0.2, -0.15) is 0 Å². The van der Waals surface area contributed by atoms with Gasteiger partial charge in [-0.05, 0) is 103 Å². The maximum Gasteiger partial charge on any atom is 0.306 e. The van der Waals surface area contributed by atoms with Gasteiger partial charge in [0.2, 0.25) is 0 Å². The van der Waals surface area contributed by atoms with Gasteiger partial charge in [0.25, 0.3) is 0 Å². The van der Waals surface area contributed by atoms with Crippen molar-refractivity contribution in [1.82, 2.24) is 0 Å². The highest BCUT2D eigenvalue weighted by Gasteiger charge is 2.19. The Hall–Kier alpha value is -3.41. The minimum absolute atomic E-state index is 0.0944. The normalized spacial score (nSPS) is 12.7. The van der Waals surface area contributed by atoms with Crippen molar-refractivity contribution >= 4 is 17.9 Å². The van der Waals surface area contributed by atoms with Crippen molar-refractivity contribution in [2.45, 2.75) is 277 Å². The van der Waals surface area contributed by atoms with Crippen LogP contribution in [0.25, 0.3) is 0 Å². The van der Waals surface area contributed by atoms with Crippen molar-refractivity contribution < 1.29 is 28.6 Å². The van der Waals surface area contributed by atoms with E-state index in [4.69, 9.17) is 14.2 Å². The van der Waals surface area contributed by atoms with Crippen molar-refractivity contribution in [3.8, 4) is 0 Å². The molecule has 0 saturated heterocycles. The molecule has 0 heterocycles. The van der Waals surface area contributed by atoms with E-state index in [0.29, 0.717) is 19.3 Å². The first-order valence-corrected chi connectivity index (χ1v) is 28.6. The minimum Gasteiger partial charge on any atom is -0.462 e. The molecule has 68 heavy (non-hydrogen) atoms. The highest BCUT2D eigenvalue weighted by atomic mass is 16.6. The van der Waals surface area contributed by atoms with Crippen molar-refractivity contribution in [2.75, 3.05) is 13.2 Å². The average Bonchev–Trinajstić information content (AvgIpc) is 3.34. The Morgan fingerprint density at radius 2 is 0.529 bits per heavy atom. The number of esters is 3. The third kappa shape index (κ3) is 53.5. The summed E-state index contributed by atoms with van der Waals surface area (Å²) in [5.41, 5.74) is 0. The molecule has 0 aliphatic heterocycles. The van der Waals surface area contributed by atoms with Crippen LogP contribution in [0.2, 0.25) is 0 Å². The number of unbranched alkanes of at least 4 members (excludes halogenated alkanes) is 26. The van der Waals surface area contributed by atoms with E-state index in [-0.39, 0.29) is 31.1 Å². The largest absolute Gasteiger partial charge is 0.462 e. The van der Waals surface area contributed by atoms with Crippen molar-refractivity contribution in [1.29, 1.82) is 0 Å². The van der Waals surface area contributed by atoms with Crippen LogP contribution in [0.1, 0.15) is 271 Å². The van der Waals surface area contributed by atoms with E-state index in [1.807, 2.05) is 0 Å². The summed E-state index contributed by atoms with van der Waals surface area (Å²) >= 11 is 0. The first-order valence-electron chi connectivity index (χ1n) is 28.6. The second-order valence-corrected chi connectivity index (χ2v) is 18.8. The number of carbonyl (C=O) groups is 3. The lowest BCUT2D eigenvalue weighted by molar-refractivity contribution is -0.167. The van der Waals surface area contributed by atoms with Crippen LogP contribution in [0.4, 0.5) is 0 Å². The monoisotopic (exact) mass is 947 g/mol. The number of hydrogen-bond acceptors (Lipinski definition) is 6. The molecule has 0 rings (SSSR count). The Labute approximate surface area is 420 Å². The number of rotatable bonds is 51. The molecule has 390 valence electrons. The van der Waals surface area contributed by atoms with Gasteiger partial charge in [-0.25, -0.2) is 0 Å².